The molecule has 0 atom stereocenters. The number of ether oxygens (including phenoxy) is 2. The van der Waals surface area contributed by atoms with Crippen LogP contribution in [0.25, 0.3) is 23.0 Å². The molecular weight excluding hydrogens is 420 g/mol. The van der Waals surface area contributed by atoms with Gasteiger partial charge < -0.3 is 13.9 Å². The molecule has 4 rings (SSSR count). The van der Waals surface area contributed by atoms with Crippen LogP contribution in [0.15, 0.2) is 83.4 Å². The molecule has 7 heteroatoms. The van der Waals surface area contributed by atoms with Crippen molar-refractivity contribution in [1.29, 1.82) is 0 Å². The first-order valence-electron chi connectivity index (χ1n) is 10.3. The van der Waals surface area contributed by atoms with Gasteiger partial charge >= 0.3 is 11.9 Å². The predicted octanol–water partition coefficient (Wildman–Crippen LogP) is 4.98. The SMILES string of the molecule is COC(=O)c1ccc(COC(=O)C=Cc2cn(-c3ccccc3)nc2-c2ccc(C)cc2)o1. The molecule has 0 spiro atoms. The number of aryl methyl sites for hydroxylation is 1. The number of hydrogen-bond acceptors (Lipinski definition) is 6. The number of hydrogen-bond donors (Lipinski definition) is 0. The quantitative estimate of drug-likeness (QED) is 0.296. The number of esters is 2. The molecule has 0 radical (unpaired) electrons. The van der Waals surface area contributed by atoms with Crippen molar-refractivity contribution in [3.63, 3.8) is 0 Å². The van der Waals surface area contributed by atoms with E-state index in [2.05, 4.69) is 4.74 Å². The molecule has 0 N–H and O–H groups in total. The van der Waals surface area contributed by atoms with Gasteiger partial charge in [-0.05, 0) is 37.3 Å². The van der Waals surface area contributed by atoms with Crippen molar-refractivity contribution in [3.05, 3.63) is 102 Å². The van der Waals surface area contributed by atoms with Crippen LogP contribution in [0.2, 0.25) is 0 Å². The molecule has 0 amide bonds. The predicted molar refractivity (Wildman–Crippen MR) is 123 cm³/mol. The van der Waals surface area contributed by atoms with Gasteiger partial charge in [0, 0.05) is 23.4 Å². The lowest BCUT2D eigenvalue weighted by Crippen LogP contribution is -2.01. The number of nitrogens with zero attached hydrogens (tertiary/aromatic N) is 2. The largest absolute Gasteiger partial charge is 0.463 e. The van der Waals surface area contributed by atoms with Crippen molar-refractivity contribution >= 4 is 18.0 Å². The van der Waals surface area contributed by atoms with Crippen LogP contribution >= 0.6 is 0 Å². The van der Waals surface area contributed by atoms with E-state index in [4.69, 9.17) is 14.3 Å². The van der Waals surface area contributed by atoms with Gasteiger partial charge in [-0.15, -0.1) is 0 Å². The van der Waals surface area contributed by atoms with Gasteiger partial charge in [-0.1, -0.05) is 48.0 Å². The van der Waals surface area contributed by atoms with Crippen LogP contribution in [0, 0.1) is 6.92 Å². The highest BCUT2D eigenvalue weighted by atomic mass is 16.5. The third-order valence-electron chi connectivity index (χ3n) is 4.89. The average molecular weight is 442 g/mol. The summed E-state index contributed by atoms with van der Waals surface area (Å²) in [5.41, 5.74) is 4.51. The Balaban J connectivity index is 1.52. The molecular formula is C26H22N2O5. The topological polar surface area (TPSA) is 83.6 Å². The van der Waals surface area contributed by atoms with E-state index in [1.807, 2.05) is 67.7 Å². The molecule has 2 heterocycles. The Hall–Kier alpha value is -4.39. The van der Waals surface area contributed by atoms with Crippen LogP contribution in [0.1, 0.15) is 27.4 Å². The molecule has 2 aromatic carbocycles. The summed E-state index contributed by atoms with van der Waals surface area (Å²) in [7, 11) is 1.26. The Kier molecular flexibility index (Phi) is 6.50. The van der Waals surface area contributed by atoms with E-state index in [1.54, 1.807) is 16.8 Å². The molecule has 0 bridgehead atoms. The fraction of sp³-hybridized carbons (Fsp3) is 0.115. The Morgan fingerprint density at radius 1 is 1.03 bits per heavy atom. The molecule has 0 saturated carbocycles. The van der Waals surface area contributed by atoms with Gasteiger partial charge in [0.2, 0.25) is 5.76 Å². The molecule has 0 aliphatic rings. The summed E-state index contributed by atoms with van der Waals surface area (Å²) in [6, 6.07) is 20.8. The first-order chi connectivity index (χ1) is 16.0. The Morgan fingerprint density at radius 2 is 1.79 bits per heavy atom. The lowest BCUT2D eigenvalue weighted by Gasteiger charge is -2.01. The van der Waals surface area contributed by atoms with E-state index in [9.17, 15) is 9.59 Å². The summed E-state index contributed by atoms with van der Waals surface area (Å²) in [6.07, 6.45) is 4.88. The maximum Gasteiger partial charge on any atom is 0.373 e. The van der Waals surface area contributed by atoms with E-state index < -0.39 is 11.9 Å². The van der Waals surface area contributed by atoms with Crippen molar-refractivity contribution in [2.75, 3.05) is 7.11 Å². The van der Waals surface area contributed by atoms with Crippen molar-refractivity contribution in [3.8, 4) is 16.9 Å². The molecule has 0 aliphatic carbocycles. The van der Waals surface area contributed by atoms with Gasteiger partial charge in [0.25, 0.3) is 0 Å². The number of methoxy groups -OCH3 is 1. The van der Waals surface area contributed by atoms with Crippen LogP contribution in [-0.4, -0.2) is 28.8 Å². The van der Waals surface area contributed by atoms with E-state index in [1.165, 1.54) is 19.3 Å². The van der Waals surface area contributed by atoms with Gasteiger partial charge in [0.1, 0.15) is 12.4 Å². The molecule has 0 unspecified atom stereocenters. The summed E-state index contributed by atoms with van der Waals surface area (Å²) < 4.78 is 16.9. The van der Waals surface area contributed by atoms with E-state index in [0.29, 0.717) is 5.76 Å². The zero-order chi connectivity index (χ0) is 23.2. The van der Waals surface area contributed by atoms with E-state index >= 15 is 0 Å². The molecule has 0 aliphatic heterocycles. The van der Waals surface area contributed by atoms with E-state index in [0.717, 1.165) is 28.1 Å². The standard InChI is InChI=1S/C26H22N2O5/c1-18-8-10-19(11-9-18)25-20(16-28(27-25)21-6-4-3-5-7-21)12-15-24(29)32-17-22-13-14-23(33-22)26(30)31-2/h3-16H,17H2,1-2H3. The molecule has 4 aromatic rings. The van der Waals surface area contributed by atoms with Crippen molar-refractivity contribution in [2.45, 2.75) is 13.5 Å². The minimum absolute atomic E-state index is 0.0511. The van der Waals surface area contributed by atoms with Gasteiger partial charge in [-0.2, -0.15) is 5.10 Å². The van der Waals surface area contributed by atoms with E-state index in [-0.39, 0.29) is 12.4 Å². The molecule has 2 aromatic heterocycles. The summed E-state index contributed by atoms with van der Waals surface area (Å²) in [4.78, 5) is 23.7. The maximum atomic E-state index is 12.3. The zero-order valence-electron chi connectivity index (χ0n) is 18.2. The summed E-state index contributed by atoms with van der Waals surface area (Å²) >= 11 is 0. The fourth-order valence-electron chi connectivity index (χ4n) is 3.17. The summed E-state index contributed by atoms with van der Waals surface area (Å²) in [5, 5.41) is 4.73. The number of carbonyl (C=O) groups excluding carboxylic acids is 2. The molecule has 166 valence electrons. The van der Waals surface area contributed by atoms with Gasteiger partial charge in [-0.25, -0.2) is 14.3 Å². The second-order valence-corrected chi connectivity index (χ2v) is 7.28. The summed E-state index contributed by atoms with van der Waals surface area (Å²) in [5.74, 6) is -0.746. The molecule has 0 fully saturated rings. The number of para-hydroxylation sites is 1. The lowest BCUT2D eigenvalue weighted by molar-refractivity contribution is -0.139. The highest BCUT2D eigenvalue weighted by Crippen LogP contribution is 2.25. The lowest BCUT2D eigenvalue weighted by atomic mass is 10.1. The van der Waals surface area contributed by atoms with Crippen LogP contribution in [0.4, 0.5) is 0 Å². The fourth-order valence-corrected chi connectivity index (χ4v) is 3.17. The first kappa shape index (κ1) is 21.8. The number of aromatic nitrogens is 2. The van der Waals surface area contributed by atoms with Gasteiger partial charge in [0.05, 0.1) is 18.5 Å². The van der Waals surface area contributed by atoms with Crippen LogP contribution in [-0.2, 0) is 20.9 Å². The highest BCUT2D eigenvalue weighted by molar-refractivity contribution is 5.89. The Bertz CT molecular complexity index is 1280. The maximum absolute atomic E-state index is 12.3. The van der Waals surface area contributed by atoms with Crippen molar-refractivity contribution < 1.29 is 23.5 Å². The number of rotatable bonds is 7. The highest BCUT2D eigenvalue weighted by Gasteiger charge is 2.13. The number of carbonyl (C=O) groups is 2. The normalized spacial score (nSPS) is 11.0. The Morgan fingerprint density at radius 3 is 2.52 bits per heavy atom. The third kappa shape index (κ3) is 5.27. The minimum Gasteiger partial charge on any atom is -0.463 e. The average Bonchev–Trinajstić information content (AvgIpc) is 3.49. The van der Waals surface area contributed by atoms with Crippen LogP contribution < -0.4 is 0 Å². The molecule has 33 heavy (non-hydrogen) atoms. The van der Waals surface area contributed by atoms with Crippen molar-refractivity contribution in [1.82, 2.24) is 9.78 Å². The van der Waals surface area contributed by atoms with Gasteiger partial charge in [-0.3, -0.25) is 0 Å². The summed E-state index contributed by atoms with van der Waals surface area (Å²) in [6.45, 7) is 1.92. The van der Waals surface area contributed by atoms with Crippen LogP contribution in [0.5, 0.6) is 0 Å². The van der Waals surface area contributed by atoms with Crippen LogP contribution in [0.3, 0.4) is 0 Å². The zero-order valence-corrected chi connectivity index (χ0v) is 18.2. The third-order valence-corrected chi connectivity index (χ3v) is 4.89. The monoisotopic (exact) mass is 442 g/mol. The van der Waals surface area contributed by atoms with Crippen molar-refractivity contribution in [2.24, 2.45) is 0 Å². The minimum atomic E-state index is -0.591. The smallest absolute Gasteiger partial charge is 0.373 e. The van der Waals surface area contributed by atoms with Gasteiger partial charge in [0.15, 0.2) is 0 Å². The number of benzene rings is 2. The second-order valence-electron chi connectivity index (χ2n) is 7.28. The molecule has 0 saturated heterocycles. The molecule has 7 nitrogen and oxygen atoms in total. The second kappa shape index (κ2) is 9.82. The number of furan rings is 1. The first-order valence-corrected chi connectivity index (χ1v) is 10.3. The Labute approximate surface area is 190 Å².